The van der Waals surface area contributed by atoms with Gasteiger partial charge < -0.3 is 14.2 Å². The van der Waals surface area contributed by atoms with Crippen molar-refractivity contribution >= 4 is 10.9 Å². The first-order chi connectivity index (χ1) is 12.7. The Balaban J connectivity index is 1.59. The highest BCUT2D eigenvalue weighted by atomic mass is 16.5. The fourth-order valence-corrected chi connectivity index (χ4v) is 4.15. The van der Waals surface area contributed by atoms with Crippen molar-refractivity contribution in [3.05, 3.63) is 40.7 Å². The van der Waals surface area contributed by atoms with Gasteiger partial charge >= 0.3 is 0 Å². The first-order valence-electron chi connectivity index (χ1n) is 10.1. The molecule has 0 radical (unpaired) electrons. The number of benzene rings is 1. The number of unbranched alkanes of at least 4 members (excludes halogenated alkanes) is 1. The SMILES string of the molecule is CCCCC1CCN(CCCn2c(=O)ccc3cccc(OC)c32)CC1. The molecule has 2 aromatic rings. The molecule has 0 bridgehead atoms. The van der Waals surface area contributed by atoms with Crippen LogP contribution in [0.15, 0.2) is 35.1 Å². The van der Waals surface area contributed by atoms with Gasteiger partial charge in [-0.1, -0.05) is 38.3 Å². The fraction of sp³-hybridized carbons (Fsp3) is 0.591. The average Bonchev–Trinajstić information content (AvgIpc) is 2.68. The molecule has 0 N–H and O–H groups in total. The molecule has 3 rings (SSSR count). The highest BCUT2D eigenvalue weighted by Crippen LogP contribution is 2.25. The van der Waals surface area contributed by atoms with Crippen LogP contribution in [0.2, 0.25) is 0 Å². The van der Waals surface area contributed by atoms with E-state index in [2.05, 4.69) is 11.8 Å². The number of hydrogen-bond donors (Lipinski definition) is 0. The number of aromatic nitrogens is 1. The summed E-state index contributed by atoms with van der Waals surface area (Å²) in [5.74, 6) is 1.70. The third kappa shape index (κ3) is 4.47. The third-order valence-electron chi connectivity index (χ3n) is 5.72. The second-order valence-electron chi connectivity index (χ2n) is 7.50. The van der Waals surface area contributed by atoms with Crippen molar-refractivity contribution in [1.29, 1.82) is 0 Å². The van der Waals surface area contributed by atoms with E-state index in [-0.39, 0.29) is 5.56 Å². The number of rotatable bonds is 8. The first kappa shape index (κ1) is 19.0. The van der Waals surface area contributed by atoms with Crippen LogP contribution in [0.3, 0.4) is 0 Å². The van der Waals surface area contributed by atoms with E-state index in [9.17, 15) is 4.79 Å². The first-order valence-corrected chi connectivity index (χ1v) is 10.1. The molecule has 1 aliphatic heterocycles. The lowest BCUT2D eigenvalue weighted by molar-refractivity contribution is 0.174. The summed E-state index contributed by atoms with van der Waals surface area (Å²) < 4.78 is 7.37. The summed E-state index contributed by atoms with van der Waals surface area (Å²) >= 11 is 0. The van der Waals surface area contributed by atoms with Gasteiger partial charge in [-0.2, -0.15) is 0 Å². The molecule has 1 saturated heterocycles. The minimum atomic E-state index is 0.0558. The Bertz CT molecular complexity index is 760. The second kappa shape index (κ2) is 9.22. The Kier molecular flexibility index (Phi) is 6.73. The van der Waals surface area contributed by atoms with Crippen molar-refractivity contribution in [3.8, 4) is 5.75 Å². The van der Waals surface area contributed by atoms with E-state index < -0.39 is 0 Å². The zero-order chi connectivity index (χ0) is 18.4. The Labute approximate surface area is 156 Å². The van der Waals surface area contributed by atoms with Gasteiger partial charge in [0.25, 0.3) is 5.56 Å². The molecule has 0 unspecified atom stereocenters. The normalized spacial score (nSPS) is 16.2. The molecule has 1 aliphatic rings. The maximum atomic E-state index is 12.4. The molecule has 4 nitrogen and oxygen atoms in total. The molecule has 0 amide bonds. The van der Waals surface area contributed by atoms with E-state index >= 15 is 0 Å². The van der Waals surface area contributed by atoms with Crippen molar-refractivity contribution < 1.29 is 4.74 Å². The van der Waals surface area contributed by atoms with Crippen LogP contribution in [-0.2, 0) is 6.54 Å². The Hall–Kier alpha value is -1.81. The standard InChI is InChI=1S/C22H32N2O2/c1-3-4-7-18-12-16-23(17-13-18)14-6-15-24-21(25)11-10-19-8-5-9-20(26-2)22(19)24/h5,8-11,18H,3-4,6-7,12-17H2,1-2H3. The molecule has 142 valence electrons. The van der Waals surface area contributed by atoms with Crippen LogP contribution in [0, 0.1) is 5.92 Å². The number of aryl methyl sites for hydroxylation is 1. The Morgan fingerprint density at radius 2 is 1.88 bits per heavy atom. The zero-order valence-corrected chi connectivity index (χ0v) is 16.2. The summed E-state index contributed by atoms with van der Waals surface area (Å²) in [6, 6.07) is 9.49. The number of para-hydroxylation sites is 1. The molecule has 1 fully saturated rings. The number of likely N-dealkylation sites (tertiary alicyclic amines) is 1. The predicted molar refractivity (Wildman–Crippen MR) is 108 cm³/mol. The Morgan fingerprint density at radius 3 is 2.62 bits per heavy atom. The van der Waals surface area contributed by atoms with E-state index in [0.29, 0.717) is 0 Å². The van der Waals surface area contributed by atoms with Crippen molar-refractivity contribution in [2.24, 2.45) is 5.92 Å². The van der Waals surface area contributed by atoms with E-state index in [4.69, 9.17) is 4.74 Å². The van der Waals surface area contributed by atoms with Gasteiger partial charge in [0, 0.05) is 18.0 Å². The summed E-state index contributed by atoms with van der Waals surface area (Å²) in [6.45, 7) is 6.51. The van der Waals surface area contributed by atoms with Gasteiger partial charge in [0.05, 0.1) is 12.6 Å². The highest BCUT2D eigenvalue weighted by molar-refractivity contribution is 5.84. The number of hydrogen-bond acceptors (Lipinski definition) is 3. The van der Waals surface area contributed by atoms with Gasteiger partial charge in [-0.15, -0.1) is 0 Å². The van der Waals surface area contributed by atoms with Crippen molar-refractivity contribution in [3.63, 3.8) is 0 Å². The van der Waals surface area contributed by atoms with Crippen LogP contribution in [0.1, 0.15) is 45.4 Å². The van der Waals surface area contributed by atoms with E-state index in [0.717, 1.165) is 42.1 Å². The predicted octanol–water partition coefficient (Wildman–Crippen LogP) is 4.30. The summed E-state index contributed by atoms with van der Waals surface area (Å²) in [5.41, 5.74) is 0.973. The van der Waals surface area contributed by atoms with Gasteiger partial charge in [0.15, 0.2) is 0 Å². The largest absolute Gasteiger partial charge is 0.495 e. The van der Waals surface area contributed by atoms with Gasteiger partial charge in [-0.25, -0.2) is 0 Å². The van der Waals surface area contributed by atoms with Crippen LogP contribution in [0.4, 0.5) is 0 Å². The number of methoxy groups -OCH3 is 1. The second-order valence-corrected chi connectivity index (χ2v) is 7.50. The van der Waals surface area contributed by atoms with Crippen molar-refractivity contribution in [1.82, 2.24) is 9.47 Å². The quantitative estimate of drug-likeness (QED) is 0.707. The van der Waals surface area contributed by atoms with Crippen molar-refractivity contribution in [2.45, 2.75) is 52.0 Å². The molecule has 0 spiro atoms. The monoisotopic (exact) mass is 356 g/mol. The number of nitrogens with zero attached hydrogens (tertiary/aromatic N) is 2. The third-order valence-corrected chi connectivity index (χ3v) is 5.72. The van der Waals surface area contributed by atoms with Gasteiger partial charge in [-0.05, 0) is 56.9 Å². The zero-order valence-electron chi connectivity index (χ0n) is 16.2. The smallest absolute Gasteiger partial charge is 0.251 e. The number of ether oxygens (including phenoxy) is 1. The number of fused-ring (bicyclic) bond motifs is 1. The van der Waals surface area contributed by atoms with Gasteiger partial charge in [-0.3, -0.25) is 4.79 Å². The van der Waals surface area contributed by atoms with E-state index in [1.165, 1.54) is 45.2 Å². The lowest BCUT2D eigenvalue weighted by Gasteiger charge is -2.32. The minimum Gasteiger partial charge on any atom is -0.495 e. The van der Waals surface area contributed by atoms with Crippen LogP contribution in [0.25, 0.3) is 10.9 Å². The molecule has 0 atom stereocenters. The summed E-state index contributed by atoms with van der Waals surface area (Å²) in [5, 5.41) is 1.06. The van der Waals surface area contributed by atoms with Crippen LogP contribution in [0.5, 0.6) is 5.75 Å². The van der Waals surface area contributed by atoms with Crippen LogP contribution < -0.4 is 10.3 Å². The summed E-state index contributed by atoms with van der Waals surface area (Å²) in [6.07, 6.45) is 7.75. The maximum absolute atomic E-state index is 12.4. The van der Waals surface area contributed by atoms with E-state index in [1.807, 2.05) is 28.8 Å². The lowest BCUT2D eigenvalue weighted by Crippen LogP contribution is -2.35. The van der Waals surface area contributed by atoms with E-state index in [1.54, 1.807) is 13.2 Å². The number of pyridine rings is 1. The fourth-order valence-electron chi connectivity index (χ4n) is 4.15. The molecular formula is C22H32N2O2. The van der Waals surface area contributed by atoms with Crippen LogP contribution >= 0.6 is 0 Å². The molecule has 0 saturated carbocycles. The lowest BCUT2D eigenvalue weighted by atomic mass is 9.91. The maximum Gasteiger partial charge on any atom is 0.251 e. The highest BCUT2D eigenvalue weighted by Gasteiger charge is 2.18. The molecule has 26 heavy (non-hydrogen) atoms. The average molecular weight is 357 g/mol. The Morgan fingerprint density at radius 1 is 1.08 bits per heavy atom. The van der Waals surface area contributed by atoms with Gasteiger partial charge in [0.2, 0.25) is 0 Å². The molecule has 1 aromatic carbocycles. The minimum absolute atomic E-state index is 0.0558. The topological polar surface area (TPSA) is 34.5 Å². The molecule has 2 heterocycles. The number of piperidine rings is 1. The molecule has 4 heteroatoms. The summed E-state index contributed by atoms with van der Waals surface area (Å²) in [4.78, 5) is 15.0. The van der Waals surface area contributed by atoms with Gasteiger partial charge in [0.1, 0.15) is 5.75 Å². The summed E-state index contributed by atoms with van der Waals surface area (Å²) in [7, 11) is 1.67. The van der Waals surface area contributed by atoms with Crippen molar-refractivity contribution in [2.75, 3.05) is 26.7 Å². The van der Waals surface area contributed by atoms with Crippen LogP contribution in [-0.4, -0.2) is 36.2 Å². The molecule has 1 aromatic heterocycles. The molecular weight excluding hydrogens is 324 g/mol. The molecule has 0 aliphatic carbocycles.